The topological polar surface area (TPSA) is 44.7 Å². The van der Waals surface area contributed by atoms with Crippen molar-refractivity contribution < 1.29 is 4.79 Å². The first-order valence-electron chi connectivity index (χ1n) is 11.2. The molecule has 1 aliphatic heterocycles. The first kappa shape index (κ1) is 22.6. The van der Waals surface area contributed by atoms with E-state index in [2.05, 4.69) is 55.3 Å². The number of carbonyl (C=O) groups excluding carboxylic acids is 1. The molecule has 2 aromatic carbocycles. The Morgan fingerprint density at radius 1 is 1.03 bits per heavy atom. The van der Waals surface area contributed by atoms with Gasteiger partial charge in [0, 0.05) is 33.2 Å². The minimum atomic E-state index is -0.0191. The molecular weight excluding hydrogens is 390 g/mol. The zero-order valence-electron chi connectivity index (χ0n) is 18.4. The van der Waals surface area contributed by atoms with Crippen molar-refractivity contribution in [2.24, 2.45) is 4.99 Å². The molecule has 0 bridgehead atoms. The standard InChI is InChI=1S/C25H33N3OS/c1-4-7-12-21-20-11-8-9-13-23(20)30-24-15-14-19(18-22(24)27-21)25(29)26-16-10-17-28(5-2)6-3/h8-9,11,13-15,18H,4-7,10,12,16-17H2,1-3H3,(H,26,29). The van der Waals surface area contributed by atoms with E-state index < -0.39 is 0 Å². The predicted molar refractivity (Wildman–Crippen MR) is 127 cm³/mol. The van der Waals surface area contributed by atoms with Crippen LogP contribution in [0.2, 0.25) is 0 Å². The van der Waals surface area contributed by atoms with Gasteiger partial charge >= 0.3 is 0 Å². The molecule has 0 radical (unpaired) electrons. The normalized spacial score (nSPS) is 12.7. The lowest BCUT2D eigenvalue weighted by Gasteiger charge is -2.17. The fourth-order valence-electron chi connectivity index (χ4n) is 3.63. The highest BCUT2D eigenvalue weighted by Crippen LogP contribution is 2.41. The van der Waals surface area contributed by atoms with E-state index in [-0.39, 0.29) is 5.91 Å². The lowest BCUT2D eigenvalue weighted by atomic mass is 10.0. The number of nitrogens with zero attached hydrogens (tertiary/aromatic N) is 2. The Morgan fingerprint density at radius 2 is 1.83 bits per heavy atom. The Hall–Kier alpha value is -2.11. The third-order valence-corrected chi connectivity index (χ3v) is 6.63. The van der Waals surface area contributed by atoms with Gasteiger partial charge in [0.25, 0.3) is 5.91 Å². The van der Waals surface area contributed by atoms with Crippen LogP contribution >= 0.6 is 11.8 Å². The minimum Gasteiger partial charge on any atom is -0.352 e. The second-order valence-electron chi connectivity index (χ2n) is 7.58. The highest BCUT2D eigenvalue weighted by molar-refractivity contribution is 7.99. The molecule has 0 saturated heterocycles. The molecule has 30 heavy (non-hydrogen) atoms. The maximum atomic E-state index is 12.7. The zero-order chi connectivity index (χ0) is 21.3. The Bertz CT molecular complexity index is 890. The highest BCUT2D eigenvalue weighted by Gasteiger charge is 2.18. The van der Waals surface area contributed by atoms with E-state index in [9.17, 15) is 4.79 Å². The molecule has 0 saturated carbocycles. The van der Waals surface area contributed by atoms with Crippen molar-refractivity contribution in [1.82, 2.24) is 10.2 Å². The maximum Gasteiger partial charge on any atom is 0.251 e. The highest BCUT2D eigenvalue weighted by atomic mass is 32.2. The van der Waals surface area contributed by atoms with Crippen LogP contribution in [-0.4, -0.2) is 42.7 Å². The number of amides is 1. The second-order valence-corrected chi connectivity index (χ2v) is 8.66. The fraction of sp³-hybridized carbons (Fsp3) is 0.440. The van der Waals surface area contributed by atoms with Crippen LogP contribution in [0.5, 0.6) is 0 Å². The van der Waals surface area contributed by atoms with E-state index in [0.29, 0.717) is 12.1 Å². The van der Waals surface area contributed by atoms with Crippen LogP contribution in [0.4, 0.5) is 5.69 Å². The van der Waals surface area contributed by atoms with Crippen LogP contribution < -0.4 is 5.32 Å². The van der Waals surface area contributed by atoms with Crippen LogP contribution in [0.3, 0.4) is 0 Å². The Labute approximate surface area is 185 Å². The van der Waals surface area contributed by atoms with Gasteiger partial charge in [0.1, 0.15) is 0 Å². The number of benzene rings is 2. The summed E-state index contributed by atoms with van der Waals surface area (Å²) in [6.45, 7) is 10.3. The van der Waals surface area contributed by atoms with Crippen molar-refractivity contribution >= 4 is 29.1 Å². The van der Waals surface area contributed by atoms with Gasteiger partial charge in [0.2, 0.25) is 0 Å². The van der Waals surface area contributed by atoms with Crippen molar-refractivity contribution in [3.8, 4) is 0 Å². The molecule has 2 aromatic rings. The molecule has 1 N–H and O–H groups in total. The fourth-order valence-corrected chi connectivity index (χ4v) is 4.66. The molecule has 1 heterocycles. The van der Waals surface area contributed by atoms with Gasteiger partial charge in [-0.05, 0) is 63.2 Å². The molecule has 0 atom stereocenters. The van der Waals surface area contributed by atoms with Crippen molar-refractivity contribution in [2.45, 2.75) is 56.2 Å². The molecular formula is C25H33N3OS. The molecule has 0 unspecified atom stereocenters. The molecule has 0 aliphatic carbocycles. The third kappa shape index (κ3) is 5.73. The quantitative estimate of drug-likeness (QED) is 0.482. The van der Waals surface area contributed by atoms with Gasteiger partial charge in [-0.1, -0.05) is 57.2 Å². The van der Waals surface area contributed by atoms with Gasteiger partial charge in [-0.3, -0.25) is 9.79 Å². The Kier molecular flexibility index (Phi) is 8.52. The van der Waals surface area contributed by atoms with E-state index >= 15 is 0 Å². The van der Waals surface area contributed by atoms with Crippen LogP contribution in [0.15, 0.2) is 57.2 Å². The smallest absolute Gasteiger partial charge is 0.251 e. The van der Waals surface area contributed by atoms with Crippen LogP contribution in [0, 0.1) is 0 Å². The summed E-state index contributed by atoms with van der Waals surface area (Å²) in [4.78, 5) is 22.4. The molecule has 0 fully saturated rings. The maximum absolute atomic E-state index is 12.7. The second kappa shape index (κ2) is 11.3. The van der Waals surface area contributed by atoms with Gasteiger partial charge in [-0.15, -0.1) is 0 Å². The Morgan fingerprint density at radius 3 is 2.60 bits per heavy atom. The average Bonchev–Trinajstić information content (AvgIpc) is 2.93. The molecule has 3 rings (SSSR count). The van der Waals surface area contributed by atoms with E-state index in [0.717, 1.165) is 61.6 Å². The summed E-state index contributed by atoms with van der Waals surface area (Å²) in [6.07, 6.45) is 4.16. The minimum absolute atomic E-state index is 0.0191. The van der Waals surface area contributed by atoms with E-state index in [4.69, 9.17) is 4.99 Å². The van der Waals surface area contributed by atoms with E-state index in [1.807, 2.05) is 18.2 Å². The summed E-state index contributed by atoms with van der Waals surface area (Å²) >= 11 is 1.74. The summed E-state index contributed by atoms with van der Waals surface area (Å²) in [6, 6.07) is 14.4. The Balaban J connectivity index is 1.75. The van der Waals surface area contributed by atoms with Crippen LogP contribution in [0.25, 0.3) is 0 Å². The summed E-state index contributed by atoms with van der Waals surface area (Å²) in [7, 11) is 0. The van der Waals surface area contributed by atoms with Gasteiger partial charge in [-0.25, -0.2) is 0 Å². The number of nitrogens with one attached hydrogen (secondary N) is 1. The van der Waals surface area contributed by atoms with Crippen LogP contribution in [-0.2, 0) is 0 Å². The predicted octanol–water partition coefficient (Wildman–Crippen LogP) is 5.92. The largest absolute Gasteiger partial charge is 0.352 e. The molecule has 5 heteroatoms. The number of aliphatic imine (C=N–C) groups is 1. The third-order valence-electron chi connectivity index (χ3n) is 5.49. The SMILES string of the molecule is CCCCC1=Nc2cc(C(=O)NCCCN(CC)CC)ccc2Sc2ccccc21. The van der Waals surface area contributed by atoms with Crippen LogP contribution in [0.1, 0.15) is 62.4 Å². The summed E-state index contributed by atoms with van der Waals surface area (Å²) in [5, 5.41) is 3.07. The molecule has 4 nitrogen and oxygen atoms in total. The number of hydrogen-bond donors (Lipinski definition) is 1. The van der Waals surface area contributed by atoms with E-state index in [1.165, 1.54) is 10.5 Å². The van der Waals surface area contributed by atoms with Gasteiger partial charge in [-0.2, -0.15) is 0 Å². The van der Waals surface area contributed by atoms with Crippen molar-refractivity contribution in [3.05, 3.63) is 53.6 Å². The van der Waals surface area contributed by atoms with Crippen molar-refractivity contribution in [2.75, 3.05) is 26.2 Å². The molecule has 0 spiro atoms. The van der Waals surface area contributed by atoms with Crippen molar-refractivity contribution in [1.29, 1.82) is 0 Å². The summed E-state index contributed by atoms with van der Waals surface area (Å²) in [5.41, 5.74) is 3.92. The number of carbonyl (C=O) groups is 1. The number of fused-ring (bicyclic) bond motifs is 2. The average molecular weight is 424 g/mol. The lowest BCUT2D eigenvalue weighted by Crippen LogP contribution is -2.29. The number of rotatable bonds is 10. The number of hydrogen-bond acceptors (Lipinski definition) is 4. The summed E-state index contributed by atoms with van der Waals surface area (Å²) < 4.78 is 0. The van der Waals surface area contributed by atoms with Gasteiger partial charge < -0.3 is 10.2 Å². The zero-order valence-corrected chi connectivity index (χ0v) is 19.2. The molecule has 1 aliphatic rings. The van der Waals surface area contributed by atoms with Gasteiger partial charge in [0.05, 0.1) is 5.69 Å². The molecule has 1 amide bonds. The first-order chi connectivity index (χ1) is 14.7. The van der Waals surface area contributed by atoms with Crippen molar-refractivity contribution in [3.63, 3.8) is 0 Å². The van der Waals surface area contributed by atoms with E-state index in [1.54, 1.807) is 11.8 Å². The van der Waals surface area contributed by atoms with Gasteiger partial charge in [0.15, 0.2) is 0 Å². The molecule has 0 aromatic heterocycles. The number of unbranched alkanes of at least 4 members (excludes halogenated alkanes) is 1. The lowest BCUT2D eigenvalue weighted by molar-refractivity contribution is 0.0952. The first-order valence-corrected chi connectivity index (χ1v) is 12.0. The summed E-state index contributed by atoms with van der Waals surface area (Å²) in [5.74, 6) is -0.0191. The molecule has 160 valence electrons. The monoisotopic (exact) mass is 423 g/mol.